The van der Waals surface area contributed by atoms with Crippen molar-refractivity contribution in [3.63, 3.8) is 0 Å². The molecule has 0 amide bonds. The zero-order valence-corrected chi connectivity index (χ0v) is 16.3. The van der Waals surface area contributed by atoms with Gasteiger partial charge in [0.25, 0.3) is 0 Å². The maximum Gasteiger partial charge on any atom is 0.191 e. The first-order chi connectivity index (χ1) is 8.93. The molecule has 0 spiro atoms. The van der Waals surface area contributed by atoms with E-state index in [2.05, 4.69) is 55.1 Å². The molecular weight excluding hydrogens is 363 g/mol. The van der Waals surface area contributed by atoms with E-state index in [9.17, 15) is 0 Å². The van der Waals surface area contributed by atoms with Crippen LogP contribution in [0.15, 0.2) is 4.99 Å². The first-order valence-electron chi connectivity index (χ1n) is 7.65. The van der Waals surface area contributed by atoms with Gasteiger partial charge in [-0.3, -0.25) is 9.89 Å². The molecule has 0 aliphatic carbocycles. The monoisotopic (exact) mass is 396 g/mol. The highest BCUT2D eigenvalue weighted by Crippen LogP contribution is 2.18. The van der Waals surface area contributed by atoms with E-state index >= 15 is 0 Å². The summed E-state index contributed by atoms with van der Waals surface area (Å²) in [7, 11) is 1.85. The van der Waals surface area contributed by atoms with E-state index in [0.29, 0.717) is 18.0 Å². The van der Waals surface area contributed by atoms with Crippen LogP contribution in [0, 0.1) is 11.8 Å². The molecule has 1 aliphatic rings. The Hall–Kier alpha value is -0.0400. The standard InChI is InChI=1S/C15H32N4.HI/c1-11(2)7-8-17-15(16-6)18-14-10-19(12(3)4)9-13(14)5;/h11-14H,7-10H2,1-6H3,(H2,16,17,18);1H. The lowest BCUT2D eigenvalue weighted by atomic mass is 10.1. The lowest BCUT2D eigenvalue weighted by molar-refractivity contribution is 0.265. The van der Waals surface area contributed by atoms with Crippen molar-refractivity contribution < 1.29 is 0 Å². The lowest BCUT2D eigenvalue weighted by Crippen LogP contribution is -2.47. The molecule has 0 aromatic carbocycles. The van der Waals surface area contributed by atoms with Gasteiger partial charge < -0.3 is 10.6 Å². The van der Waals surface area contributed by atoms with Gasteiger partial charge in [-0.25, -0.2) is 0 Å². The molecule has 1 rings (SSSR count). The highest BCUT2D eigenvalue weighted by molar-refractivity contribution is 14.0. The van der Waals surface area contributed by atoms with Crippen LogP contribution in [-0.2, 0) is 0 Å². The van der Waals surface area contributed by atoms with E-state index < -0.39 is 0 Å². The summed E-state index contributed by atoms with van der Waals surface area (Å²) in [5.74, 6) is 2.35. The van der Waals surface area contributed by atoms with E-state index in [4.69, 9.17) is 0 Å². The van der Waals surface area contributed by atoms with Crippen LogP contribution >= 0.6 is 24.0 Å². The fraction of sp³-hybridized carbons (Fsp3) is 0.933. The third kappa shape index (κ3) is 6.61. The normalized spacial score (nSPS) is 24.1. The van der Waals surface area contributed by atoms with Gasteiger partial charge in [0.05, 0.1) is 0 Å². The topological polar surface area (TPSA) is 39.7 Å². The Bertz CT molecular complexity index is 292. The fourth-order valence-corrected chi connectivity index (χ4v) is 2.46. The van der Waals surface area contributed by atoms with Crippen molar-refractivity contribution in [1.82, 2.24) is 15.5 Å². The molecule has 2 unspecified atom stereocenters. The quantitative estimate of drug-likeness (QED) is 0.426. The van der Waals surface area contributed by atoms with E-state index in [0.717, 1.165) is 25.0 Å². The summed E-state index contributed by atoms with van der Waals surface area (Å²) < 4.78 is 0. The van der Waals surface area contributed by atoms with Crippen molar-refractivity contribution in [2.45, 2.75) is 53.1 Å². The predicted molar refractivity (Wildman–Crippen MR) is 99.0 cm³/mol. The number of hydrogen-bond acceptors (Lipinski definition) is 2. The van der Waals surface area contributed by atoms with Crippen LogP contribution < -0.4 is 10.6 Å². The largest absolute Gasteiger partial charge is 0.356 e. The van der Waals surface area contributed by atoms with E-state index in [1.807, 2.05) is 7.05 Å². The Morgan fingerprint density at radius 1 is 1.25 bits per heavy atom. The Morgan fingerprint density at radius 3 is 2.35 bits per heavy atom. The predicted octanol–water partition coefficient (Wildman–Crippen LogP) is 2.54. The zero-order chi connectivity index (χ0) is 14.4. The average molecular weight is 396 g/mol. The molecule has 0 aromatic rings. The Labute approximate surface area is 142 Å². The fourth-order valence-electron chi connectivity index (χ4n) is 2.46. The molecule has 120 valence electrons. The third-order valence-electron chi connectivity index (χ3n) is 3.93. The van der Waals surface area contributed by atoms with E-state index in [1.54, 1.807) is 0 Å². The second-order valence-electron chi connectivity index (χ2n) is 6.46. The molecule has 0 bridgehead atoms. The Morgan fingerprint density at radius 2 is 1.90 bits per heavy atom. The van der Waals surface area contributed by atoms with Crippen LogP contribution in [0.25, 0.3) is 0 Å². The molecule has 1 aliphatic heterocycles. The maximum absolute atomic E-state index is 4.33. The summed E-state index contributed by atoms with van der Waals surface area (Å²) in [6.45, 7) is 14.6. The molecule has 4 nitrogen and oxygen atoms in total. The van der Waals surface area contributed by atoms with Gasteiger partial charge in [0.2, 0.25) is 0 Å². The number of nitrogens with one attached hydrogen (secondary N) is 2. The first-order valence-corrected chi connectivity index (χ1v) is 7.65. The Kier molecular flexibility index (Phi) is 9.80. The average Bonchev–Trinajstić information content (AvgIpc) is 2.69. The lowest BCUT2D eigenvalue weighted by Gasteiger charge is -2.22. The highest BCUT2D eigenvalue weighted by atomic mass is 127. The number of aliphatic imine (C=N–C) groups is 1. The van der Waals surface area contributed by atoms with Crippen molar-refractivity contribution in [3.8, 4) is 0 Å². The van der Waals surface area contributed by atoms with Crippen molar-refractivity contribution in [3.05, 3.63) is 0 Å². The molecule has 1 fully saturated rings. The molecule has 0 saturated carbocycles. The molecule has 20 heavy (non-hydrogen) atoms. The second kappa shape index (κ2) is 9.82. The first kappa shape index (κ1) is 20.0. The summed E-state index contributed by atoms with van der Waals surface area (Å²) >= 11 is 0. The minimum Gasteiger partial charge on any atom is -0.356 e. The molecule has 1 heterocycles. The minimum atomic E-state index is 0. The molecule has 0 aromatic heterocycles. The van der Waals surface area contributed by atoms with Crippen LogP contribution in [-0.4, -0.2) is 49.6 Å². The van der Waals surface area contributed by atoms with Gasteiger partial charge in [-0.15, -0.1) is 24.0 Å². The van der Waals surface area contributed by atoms with Crippen molar-refractivity contribution >= 4 is 29.9 Å². The second-order valence-corrected chi connectivity index (χ2v) is 6.46. The van der Waals surface area contributed by atoms with Gasteiger partial charge in [-0.05, 0) is 32.1 Å². The molecule has 2 atom stereocenters. The van der Waals surface area contributed by atoms with Crippen LogP contribution in [0.4, 0.5) is 0 Å². The number of hydrogen-bond donors (Lipinski definition) is 2. The van der Waals surface area contributed by atoms with Crippen molar-refractivity contribution in [1.29, 1.82) is 0 Å². The summed E-state index contributed by atoms with van der Waals surface area (Å²) in [6.07, 6.45) is 1.18. The van der Waals surface area contributed by atoms with Crippen LogP contribution in [0.5, 0.6) is 0 Å². The van der Waals surface area contributed by atoms with Gasteiger partial charge in [0.1, 0.15) is 0 Å². The van der Waals surface area contributed by atoms with Gasteiger partial charge in [0, 0.05) is 38.8 Å². The highest BCUT2D eigenvalue weighted by Gasteiger charge is 2.31. The SMILES string of the molecule is CN=C(NCCC(C)C)NC1CN(C(C)C)CC1C.I. The number of nitrogens with zero attached hydrogens (tertiary/aromatic N) is 2. The Balaban J connectivity index is 0.00000361. The minimum absolute atomic E-state index is 0. The molecule has 2 N–H and O–H groups in total. The summed E-state index contributed by atoms with van der Waals surface area (Å²) in [5.41, 5.74) is 0. The number of rotatable bonds is 5. The van der Waals surface area contributed by atoms with E-state index in [1.165, 1.54) is 13.0 Å². The summed E-state index contributed by atoms with van der Waals surface area (Å²) in [4.78, 5) is 6.86. The summed E-state index contributed by atoms with van der Waals surface area (Å²) in [6, 6.07) is 1.14. The van der Waals surface area contributed by atoms with Gasteiger partial charge in [-0.1, -0.05) is 20.8 Å². The zero-order valence-electron chi connectivity index (χ0n) is 13.9. The maximum atomic E-state index is 4.33. The molecule has 5 heteroatoms. The van der Waals surface area contributed by atoms with Crippen LogP contribution in [0.2, 0.25) is 0 Å². The van der Waals surface area contributed by atoms with Gasteiger partial charge >= 0.3 is 0 Å². The molecular formula is C15H33IN4. The van der Waals surface area contributed by atoms with Crippen LogP contribution in [0.3, 0.4) is 0 Å². The van der Waals surface area contributed by atoms with Gasteiger partial charge in [0.15, 0.2) is 5.96 Å². The molecule has 1 saturated heterocycles. The third-order valence-corrected chi connectivity index (χ3v) is 3.93. The number of guanidine groups is 1. The number of halogens is 1. The van der Waals surface area contributed by atoms with Crippen molar-refractivity contribution in [2.75, 3.05) is 26.7 Å². The number of likely N-dealkylation sites (tertiary alicyclic amines) is 1. The van der Waals surface area contributed by atoms with E-state index in [-0.39, 0.29) is 24.0 Å². The molecule has 0 radical (unpaired) electrons. The van der Waals surface area contributed by atoms with Crippen LogP contribution in [0.1, 0.15) is 41.0 Å². The summed E-state index contributed by atoms with van der Waals surface area (Å²) in [5, 5.41) is 6.98. The van der Waals surface area contributed by atoms with Crippen molar-refractivity contribution in [2.24, 2.45) is 16.8 Å². The smallest absolute Gasteiger partial charge is 0.191 e. The van der Waals surface area contributed by atoms with Gasteiger partial charge in [-0.2, -0.15) is 0 Å².